The molecule has 5 nitrogen and oxygen atoms in total. The van der Waals surface area contributed by atoms with Crippen molar-refractivity contribution >= 4 is 23.0 Å². The number of methoxy groups -OCH3 is 2. The van der Waals surface area contributed by atoms with Gasteiger partial charge in [-0.2, -0.15) is 0 Å². The average molecular weight is 387 g/mol. The van der Waals surface area contributed by atoms with Crippen LogP contribution in [0.15, 0.2) is 55.1 Å². The number of hydrogen-bond acceptors (Lipinski definition) is 4. The molecule has 0 saturated carbocycles. The second-order valence-corrected chi connectivity index (χ2v) is 6.21. The highest BCUT2D eigenvalue weighted by molar-refractivity contribution is 7.80. The molecule has 0 bridgehead atoms. The quantitative estimate of drug-likeness (QED) is 0.481. The summed E-state index contributed by atoms with van der Waals surface area (Å²) < 4.78 is 16.2. The van der Waals surface area contributed by atoms with Crippen LogP contribution in [0.4, 0.5) is 5.69 Å². The Hall–Kier alpha value is -2.73. The Labute approximate surface area is 166 Å². The van der Waals surface area contributed by atoms with Crippen molar-refractivity contribution in [3.05, 3.63) is 60.7 Å². The topological polar surface area (TPSA) is 51.8 Å². The van der Waals surface area contributed by atoms with Gasteiger partial charge in [-0.3, -0.25) is 0 Å². The first-order chi connectivity index (χ1) is 13.1. The maximum atomic E-state index is 5.55. The maximum Gasteiger partial charge on any atom is 0.171 e. The van der Waals surface area contributed by atoms with Gasteiger partial charge in [0.1, 0.15) is 12.4 Å². The number of benzene rings is 2. The molecule has 27 heavy (non-hydrogen) atoms. The SMILES string of the molecule is C=CCOc1cccc(NC(=S)N[C@@H](CC)c2ccc(OC)c(OC)c2)c1. The fourth-order valence-electron chi connectivity index (χ4n) is 2.63. The highest BCUT2D eigenvalue weighted by Gasteiger charge is 2.14. The Morgan fingerprint density at radius 2 is 1.93 bits per heavy atom. The normalized spacial score (nSPS) is 11.2. The van der Waals surface area contributed by atoms with Gasteiger partial charge >= 0.3 is 0 Å². The first kappa shape index (κ1) is 20.6. The van der Waals surface area contributed by atoms with Crippen molar-refractivity contribution in [2.24, 2.45) is 0 Å². The van der Waals surface area contributed by atoms with Crippen LogP contribution < -0.4 is 24.8 Å². The van der Waals surface area contributed by atoms with E-state index < -0.39 is 0 Å². The molecule has 0 heterocycles. The summed E-state index contributed by atoms with van der Waals surface area (Å²) in [6.07, 6.45) is 2.57. The minimum Gasteiger partial charge on any atom is -0.493 e. The highest BCUT2D eigenvalue weighted by atomic mass is 32.1. The van der Waals surface area contributed by atoms with Crippen molar-refractivity contribution in [2.75, 3.05) is 26.1 Å². The summed E-state index contributed by atoms with van der Waals surface area (Å²) in [5, 5.41) is 7.09. The molecule has 0 aliphatic rings. The van der Waals surface area contributed by atoms with Crippen molar-refractivity contribution in [3.8, 4) is 17.2 Å². The Morgan fingerprint density at radius 1 is 1.15 bits per heavy atom. The molecular formula is C21H26N2O3S. The molecule has 2 aromatic rings. The van der Waals surface area contributed by atoms with E-state index in [1.807, 2.05) is 42.5 Å². The van der Waals surface area contributed by atoms with E-state index in [1.54, 1.807) is 20.3 Å². The van der Waals surface area contributed by atoms with Gasteiger partial charge in [0, 0.05) is 11.8 Å². The fourth-order valence-corrected chi connectivity index (χ4v) is 2.89. The van der Waals surface area contributed by atoms with Crippen molar-refractivity contribution in [2.45, 2.75) is 19.4 Å². The van der Waals surface area contributed by atoms with Gasteiger partial charge in [-0.05, 0) is 48.5 Å². The molecule has 0 aliphatic heterocycles. The molecule has 0 fully saturated rings. The van der Waals surface area contributed by atoms with Crippen molar-refractivity contribution in [1.82, 2.24) is 5.32 Å². The summed E-state index contributed by atoms with van der Waals surface area (Å²) in [6, 6.07) is 13.6. The first-order valence-electron chi connectivity index (χ1n) is 8.74. The highest BCUT2D eigenvalue weighted by Crippen LogP contribution is 2.31. The van der Waals surface area contributed by atoms with Crippen LogP contribution in [0.1, 0.15) is 24.9 Å². The third-order valence-electron chi connectivity index (χ3n) is 3.98. The molecule has 0 aromatic heterocycles. The van der Waals surface area contributed by atoms with Crippen LogP contribution in [0.3, 0.4) is 0 Å². The minimum atomic E-state index is 0.0463. The molecule has 2 rings (SSSR count). The number of thiocarbonyl (C=S) groups is 1. The zero-order valence-corrected chi connectivity index (χ0v) is 16.8. The molecule has 6 heteroatoms. The lowest BCUT2D eigenvalue weighted by molar-refractivity contribution is 0.354. The zero-order valence-electron chi connectivity index (χ0n) is 16.0. The predicted molar refractivity (Wildman–Crippen MR) is 114 cm³/mol. The number of rotatable bonds is 9. The van der Waals surface area contributed by atoms with Crippen LogP contribution in [0, 0.1) is 0 Å². The number of ether oxygens (including phenoxy) is 3. The molecule has 0 radical (unpaired) electrons. The lowest BCUT2D eigenvalue weighted by atomic mass is 10.0. The number of hydrogen-bond donors (Lipinski definition) is 2. The van der Waals surface area contributed by atoms with E-state index in [0.717, 1.165) is 23.4 Å². The van der Waals surface area contributed by atoms with Gasteiger partial charge in [-0.1, -0.05) is 31.7 Å². The first-order valence-corrected chi connectivity index (χ1v) is 9.15. The molecule has 0 amide bonds. The van der Waals surface area contributed by atoms with Crippen LogP contribution in [0.25, 0.3) is 0 Å². The Bertz CT molecular complexity index is 780. The van der Waals surface area contributed by atoms with Crippen LogP contribution in [-0.2, 0) is 0 Å². The van der Waals surface area contributed by atoms with Gasteiger partial charge in [0.25, 0.3) is 0 Å². The second kappa shape index (κ2) is 10.4. The summed E-state index contributed by atoms with van der Waals surface area (Å²) in [5.41, 5.74) is 1.93. The lowest BCUT2D eigenvalue weighted by Crippen LogP contribution is -2.32. The molecule has 0 spiro atoms. The van der Waals surface area contributed by atoms with Crippen LogP contribution in [-0.4, -0.2) is 25.9 Å². The van der Waals surface area contributed by atoms with Crippen LogP contribution >= 0.6 is 12.2 Å². The van der Waals surface area contributed by atoms with Crippen LogP contribution in [0.2, 0.25) is 0 Å². The minimum absolute atomic E-state index is 0.0463. The molecular weight excluding hydrogens is 360 g/mol. The third-order valence-corrected chi connectivity index (χ3v) is 4.20. The van der Waals surface area contributed by atoms with E-state index in [1.165, 1.54) is 0 Å². The predicted octanol–water partition coefficient (Wildman–Crippen LogP) is 4.71. The zero-order chi connectivity index (χ0) is 19.6. The fraction of sp³-hybridized carbons (Fsp3) is 0.286. The Kier molecular flexibility index (Phi) is 7.95. The number of anilines is 1. The summed E-state index contributed by atoms with van der Waals surface area (Å²) in [5.74, 6) is 2.16. The summed E-state index contributed by atoms with van der Waals surface area (Å²) in [6.45, 7) is 6.21. The molecule has 144 valence electrons. The molecule has 2 aromatic carbocycles. The molecule has 0 aliphatic carbocycles. The van der Waals surface area contributed by atoms with Gasteiger partial charge in [0.15, 0.2) is 16.6 Å². The van der Waals surface area contributed by atoms with Crippen molar-refractivity contribution < 1.29 is 14.2 Å². The van der Waals surface area contributed by atoms with E-state index in [2.05, 4.69) is 24.1 Å². The standard InChI is InChI=1S/C21H26N2O3S/c1-5-12-26-17-9-7-8-16(14-17)22-21(27)23-18(6-2)15-10-11-19(24-3)20(13-15)25-4/h5,7-11,13-14,18H,1,6,12H2,2-4H3,(H2,22,23,27)/t18-/m0/s1. The Balaban J connectivity index is 2.06. The van der Waals surface area contributed by atoms with Crippen molar-refractivity contribution in [3.63, 3.8) is 0 Å². The van der Waals surface area contributed by atoms with Gasteiger partial charge in [-0.15, -0.1) is 0 Å². The average Bonchev–Trinajstić information content (AvgIpc) is 2.70. The lowest BCUT2D eigenvalue weighted by Gasteiger charge is -2.21. The van der Waals surface area contributed by atoms with E-state index in [4.69, 9.17) is 26.4 Å². The van der Waals surface area contributed by atoms with E-state index in [0.29, 0.717) is 23.2 Å². The maximum absolute atomic E-state index is 5.55. The van der Waals surface area contributed by atoms with E-state index in [-0.39, 0.29) is 6.04 Å². The summed E-state index contributed by atoms with van der Waals surface area (Å²) >= 11 is 5.48. The van der Waals surface area contributed by atoms with Gasteiger partial charge in [-0.25, -0.2) is 0 Å². The van der Waals surface area contributed by atoms with Gasteiger partial charge < -0.3 is 24.8 Å². The van der Waals surface area contributed by atoms with Crippen molar-refractivity contribution in [1.29, 1.82) is 0 Å². The largest absolute Gasteiger partial charge is 0.493 e. The smallest absolute Gasteiger partial charge is 0.171 e. The van der Waals surface area contributed by atoms with Gasteiger partial charge in [0.05, 0.1) is 20.3 Å². The molecule has 0 saturated heterocycles. The molecule has 2 N–H and O–H groups in total. The van der Waals surface area contributed by atoms with E-state index in [9.17, 15) is 0 Å². The van der Waals surface area contributed by atoms with E-state index >= 15 is 0 Å². The Morgan fingerprint density at radius 3 is 2.59 bits per heavy atom. The van der Waals surface area contributed by atoms with Gasteiger partial charge in [0.2, 0.25) is 0 Å². The van der Waals surface area contributed by atoms with Crippen LogP contribution in [0.5, 0.6) is 17.2 Å². The second-order valence-electron chi connectivity index (χ2n) is 5.80. The summed E-state index contributed by atoms with van der Waals surface area (Å²) in [7, 11) is 3.25. The third kappa shape index (κ3) is 5.89. The summed E-state index contributed by atoms with van der Waals surface area (Å²) in [4.78, 5) is 0. The number of nitrogens with one attached hydrogen (secondary N) is 2. The monoisotopic (exact) mass is 386 g/mol. The molecule has 1 atom stereocenters. The molecule has 0 unspecified atom stereocenters.